The van der Waals surface area contributed by atoms with Crippen LogP contribution in [0.2, 0.25) is 0 Å². The molecule has 1 aromatic rings. The van der Waals surface area contributed by atoms with Crippen LogP contribution in [0.5, 0.6) is 5.75 Å². The summed E-state index contributed by atoms with van der Waals surface area (Å²) in [5.41, 5.74) is 6.87. The van der Waals surface area contributed by atoms with Gasteiger partial charge in [-0.25, -0.2) is 0 Å². The zero-order valence-corrected chi connectivity index (χ0v) is 9.29. The van der Waals surface area contributed by atoms with E-state index >= 15 is 0 Å². The fourth-order valence-corrected chi connectivity index (χ4v) is 1.21. The third kappa shape index (κ3) is 4.05. The van der Waals surface area contributed by atoms with Crippen molar-refractivity contribution in [2.75, 3.05) is 6.61 Å². The molecule has 2 heteroatoms. The summed E-state index contributed by atoms with van der Waals surface area (Å²) in [5, 5.41) is 0. The van der Waals surface area contributed by atoms with E-state index in [0.717, 1.165) is 17.7 Å². The monoisotopic (exact) mass is 203 g/mol. The van der Waals surface area contributed by atoms with E-state index in [0.29, 0.717) is 6.61 Å². The molecular weight excluding hydrogens is 186 g/mol. The molecule has 0 aliphatic rings. The molecular formula is C13H17NO. The van der Waals surface area contributed by atoms with Crippen molar-refractivity contribution in [1.29, 1.82) is 0 Å². The van der Waals surface area contributed by atoms with Gasteiger partial charge in [0.2, 0.25) is 0 Å². The van der Waals surface area contributed by atoms with E-state index in [4.69, 9.17) is 10.5 Å². The first-order chi connectivity index (χ1) is 7.24. The lowest BCUT2D eigenvalue weighted by molar-refractivity contribution is 0.327. The fraction of sp³-hybridized carbons (Fsp3) is 0.385. The molecule has 0 saturated heterocycles. The number of hydrogen-bond donors (Lipinski definition) is 1. The second-order valence-corrected chi connectivity index (χ2v) is 3.38. The van der Waals surface area contributed by atoms with E-state index in [1.165, 1.54) is 0 Å². The van der Waals surface area contributed by atoms with Crippen molar-refractivity contribution >= 4 is 0 Å². The lowest BCUT2D eigenvalue weighted by atomic mass is 10.1. The van der Waals surface area contributed by atoms with Gasteiger partial charge in [0.1, 0.15) is 5.75 Å². The summed E-state index contributed by atoms with van der Waals surface area (Å²) in [5.74, 6) is 6.66. The maximum Gasteiger partial charge on any atom is 0.119 e. The summed E-state index contributed by atoms with van der Waals surface area (Å²) >= 11 is 0. The van der Waals surface area contributed by atoms with Crippen molar-refractivity contribution in [2.45, 2.75) is 26.3 Å². The molecule has 1 aromatic carbocycles. The molecule has 0 spiro atoms. The average Bonchev–Trinajstić information content (AvgIpc) is 2.25. The van der Waals surface area contributed by atoms with Crippen molar-refractivity contribution in [3.8, 4) is 17.6 Å². The standard InChI is InChI=1S/C13H17NO/c1-3-4-5-10-15-13-8-6-12(7-9-13)11(2)14/h6-9,11H,5,10,14H2,1-2H3. The van der Waals surface area contributed by atoms with E-state index in [1.807, 2.05) is 38.1 Å². The first kappa shape index (κ1) is 11.6. The van der Waals surface area contributed by atoms with Gasteiger partial charge in [-0.2, -0.15) is 0 Å². The van der Waals surface area contributed by atoms with E-state index in [1.54, 1.807) is 0 Å². The van der Waals surface area contributed by atoms with Gasteiger partial charge in [0, 0.05) is 12.5 Å². The zero-order valence-electron chi connectivity index (χ0n) is 9.29. The van der Waals surface area contributed by atoms with Crippen LogP contribution in [-0.2, 0) is 0 Å². The van der Waals surface area contributed by atoms with E-state index in [-0.39, 0.29) is 6.04 Å². The van der Waals surface area contributed by atoms with Crippen molar-refractivity contribution < 1.29 is 4.74 Å². The van der Waals surface area contributed by atoms with Crippen molar-refractivity contribution in [3.63, 3.8) is 0 Å². The van der Waals surface area contributed by atoms with Crippen molar-refractivity contribution in [3.05, 3.63) is 29.8 Å². The molecule has 0 aliphatic carbocycles. The summed E-state index contributed by atoms with van der Waals surface area (Å²) in [7, 11) is 0. The minimum atomic E-state index is 0.0741. The van der Waals surface area contributed by atoms with Gasteiger partial charge in [-0.05, 0) is 31.5 Å². The third-order valence-electron chi connectivity index (χ3n) is 2.08. The lowest BCUT2D eigenvalue weighted by Gasteiger charge is -2.07. The molecule has 0 aromatic heterocycles. The minimum absolute atomic E-state index is 0.0741. The smallest absolute Gasteiger partial charge is 0.119 e. The Morgan fingerprint density at radius 3 is 2.53 bits per heavy atom. The molecule has 0 amide bonds. The fourth-order valence-electron chi connectivity index (χ4n) is 1.21. The van der Waals surface area contributed by atoms with Gasteiger partial charge in [0.15, 0.2) is 0 Å². The van der Waals surface area contributed by atoms with E-state index in [2.05, 4.69) is 11.8 Å². The van der Waals surface area contributed by atoms with Gasteiger partial charge < -0.3 is 10.5 Å². The van der Waals surface area contributed by atoms with Crippen LogP contribution >= 0.6 is 0 Å². The molecule has 0 heterocycles. The van der Waals surface area contributed by atoms with Gasteiger partial charge in [0.25, 0.3) is 0 Å². The Bertz CT molecular complexity index is 343. The van der Waals surface area contributed by atoms with Gasteiger partial charge >= 0.3 is 0 Å². The molecule has 1 atom stereocenters. The lowest BCUT2D eigenvalue weighted by Crippen LogP contribution is -2.04. The van der Waals surface area contributed by atoms with Crippen molar-refractivity contribution in [1.82, 2.24) is 0 Å². The Hall–Kier alpha value is -1.46. The minimum Gasteiger partial charge on any atom is -0.493 e. The Balaban J connectivity index is 2.45. The summed E-state index contributed by atoms with van der Waals surface area (Å²) in [6.07, 6.45) is 0.769. The molecule has 0 fully saturated rings. The summed E-state index contributed by atoms with van der Waals surface area (Å²) < 4.78 is 5.50. The number of rotatable bonds is 4. The molecule has 0 bridgehead atoms. The van der Waals surface area contributed by atoms with Gasteiger partial charge in [-0.15, -0.1) is 11.8 Å². The summed E-state index contributed by atoms with van der Waals surface area (Å²) in [4.78, 5) is 0. The van der Waals surface area contributed by atoms with Crippen LogP contribution in [0, 0.1) is 11.8 Å². The Morgan fingerprint density at radius 2 is 2.00 bits per heavy atom. The molecule has 2 N–H and O–H groups in total. The topological polar surface area (TPSA) is 35.2 Å². The number of hydrogen-bond acceptors (Lipinski definition) is 2. The SMILES string of the molecule is CC#CCCOc1ccc(C(C)N)cc1. The van der Waals surface area contributed by atoms with E-state index in [9.17, 15) is 0 Å². The van der Waals surface area contributed by atoms with Crippen LogP contribution < -0.4 is 10.5 Å². The van der Waals surface area contributed by atoms with Gasteiger partial charge in [-0.3, -0.25) is 0 Å². The van der Waals surface area contributed by atoms with Crippen LogP contribution in [-0.4, -0.2) is 6.61 Å². The number of nitrogens with two attached hydrogens (primary N) is 1. The highest BCUT2D eigenvalue weighted by atomic mass is 16.5. The maximum atomic E-state index is 5.74. The molecule has 2 nitrogen and oxygen atoms in total. The molecule has 0 saturated carbocycles. The number of benzene rings is 1. The normalized spacial score (nSPS) is 11.4. The molecule has 15 heavy (non-hydrogen) atoms. The van der Waals surface area contributed by atoms with Crippen LogP contribution in [0.15, 0.2) is 24.3 Å². The predicted octanol–water partition coefficient (Wildman–Crippen LogP) is 2.50. The Kier molecular flexibility index (Phi) is 4.73. The van der Waals surface area contributed by atoms with Crippen LogP contribution in [0.1, 0.15) is 31.9 Å². The molecule has 1 rings (SSSR count). The third-order valence-corrected chi connectivity index (χ3v) is 2.08. The van der Waals surface area contributed by atoms with Gasteiger partial charge in [0.05, 0.1) is 6.61 Å². The molecule has 0 radical (unpaired) electrons. The molecule has 1 unspecified atom stereocenters. The second kappa shape index (κ2) is 6.10. The molecule has 80 valence electrons. The Morgan fingerprint density at radius 1 is 1.33 bits per heavy atom. The Labute approximate surface area is 91.4 Å². The highest BCUT2D eigenvalue weighted by molar-refractivity contribution is 5.28. The molecule has 0 aliphatic heterocycles. The second-order valence-electron chi connectivity index (χ2n) is 3.38. The highest BCUT2D eigenvalue weighted by Crippen LogP contribution is 2.15. The number of ether oxygens (including phenoxy) is 1. The van der Waals surface area contributed by atoms with E-state index < -0.39 is 0 Å². The van der Waals surface area contributed by atoms with Crippen LogP contribution in [0.3, 0.4) is 0 Å². The quantitative estimate of drug-likeness (QED) is 0.602. The first-order valence-electron chi connectivity index (χ1n) is 5.12. The largest absolute Gasteiger partial charge is 0.493 e. The van der Waals surface area contributed by atoms with Crippen molar-refractivity contribution in [2.24, 2.45) is 5.73 Å². The summed E-state index contributed by atoms with van der Waals surface area (Å²) in [6.45, 7) is 4.43. The average molecular weight is 203 g/mol. The zero-order chi connectivity index (χ0) is 11.1. The first-order valence-corrected chi connectivity index (χ1v) is 5.12. The van der Waals surface area contributed by atoms with Crippen LogP contribution in [0.25, 0.3) is 0 Å². The van der Waals surface area contributed by atoms with Crippen LogP contribution in [0.4, 0.5) is 0 Å². The highest BCUT2D eigenvalue weighted by Gasteiger charge is 1.98. The predicted molar refractivity (Wildman–Crippen MR) is 62.6 cm³/mol. The summed E-state index contributed by atoms with van der Waals surface area (Å²) in [6, 6.07) is 7.94. The van der Waals surface area contributed by atoms with Gasteiger partial charge in [-0.1, -0.05) is 12.1 Å². The maximum absolute atomic E-state index is 5.74.